The fourth-order valence-electron chi connectivity index (χ4n) is 5.15. The van der Waals surface area contributed by atoms with E-state index in [4.69, 9.17) is 0 Å². The summed E-state index contributed by atoms with van der Waals surface area (Å²) in [6, 6.07) is 24.5. The molecule has 37 heavy (non-hydrogen) atoms. The zero-order valence-corrected chi connectivity index (χ0v) is 21.1. The van der Waals surface area contributed by atoms with Gasteiger partial charge in [0.05, 0.1) is 17.8 Å². The van der Waals surface area contributed by atoms with Crippen LogP contribution >= 0.6 is 0 Å². The molecule has 3 amide bonds. The van der Waals surface area contributed by atoms with Crippen LogP contribution in [0.4, 0.5) is 5.69 Å². The van der Waals surface area contributed by atoms with E-state index < -0.39 is 6.04 Å². The van der Waals surface area contributed by atoms with Crippen molar-refractivity contribution in [1.29, 1.82) is 0 Å². The van der Waals surface area contributed by atoms with Gasteiger partial charge in [-0.2, -0.15) is 0 Å². The third-order valence-electron chi connectivity index (χ3n) is 7.12. The molecule has 0 spiro atoms. The molecule has 0 aliphatic carbocycles. The molecule has 5 rings (SSSR count). The minimum atomic E-state index is -0.412. The van der Waals surface area contributed by atoms with E-state index >= 15 is 0 Å². The van der Waals surface area contributed by atoms with Gasteiger partial charge in [0.1, 0.15) is 6.04 Å². The Morgan fingerprint density at radius 2 is 1.68 bits per heavy atom. The zero-order valence-electron chi connectivity index (χ0n) is 21.1. The maximum absolute atomic E-state index is 13.5. The van der Waals surface area contributed by atoms with Crippen molar-refractivity contribution in [2.24, 2.45) is 0 Å². The van der Waals surface area contributed by atoms with Crippen molar-refractivity contribution in [2.45, 2.75) is 32.0 Å². The molecule has 2 aliphatic heterocycles. The normalized spacial score (nSPS) is 17.0. The Kier molecular flexibility index (Phi) is 7.32. The minimum absolute atomic E-state index is 0.0442. The molecular formula is C30H32N4O3. The second kappa shape index (κ2) is 11.0. The summed E-state index contributed by atoms with van der Waals surface area (Å²) in [5, 5.41) is 2.99. The molecule has 2 aliphatic rings. The molecule has 190 valence electrons. The fraction of sp³-hybridized carbons (Fsp3) is 0.300. The molecule has 1 atom stereocenters. The predicted molar refractivity (Wildman–Crippen MR) is 143 cm³/mol. The molecule has 1 N–H and O–H groups in total. The fourth-order valence-corrected chi connectivity index (χ4v) is 5.15. The molecule has 7 heteroatoms. The standard InChI is InChI=1S/C30H32N4O3/c1-32(20-22-8-3-2-4-9-22)19-17-31-28(35)24-15-13-23(14-16-24)21-34-26-11-6-5-10-25(26)29(36)33-18-7-12-27(33)30(34)37/h2-6,8-11,13-16,27H,7,12,17-21H2,1H3,(H,31,35)/t27-/m0/s1. The summed E-state index contributed by atoms with van der Waals surface area (Å²) in [5.41, 5.74) is 3.93. The van der Waals surface area contributed by atoms with Gasteiger partial charge in [0.2, 0.25) is 5.91 Å². The number of nitrogens with one attached hydrogen (secondary N) is 1. The maximum atomic E-state index is 13.5. The lowest BCUT2D eigenvalue weighted by molar-refractivity contribution is -0.122. The number of anilines is 1. The van der Waals surface area contributed by atoms with Crippen LogP contribution in [0.15, 0.2) is 78.9 Å². The topological polar surface area (TPSA) is 73.0 Å². The quantitative estimate of drug-likeness (QED) is 0.516. The monoisotopic (exact) mass is 496 g/mol. The highest BCUT2D eigenvalue weighted by atomic mass is 16.2. The molecule has 0 radical (unpaired) electrons. The second-order valence-electron chi connectivity index (χ2n) is 9.77. The van der Waals surface area contributed by atoms with Gasteiger partial charge in [0.15, 0.2) is 0 Å². The SMILES string of the molecule is CN(CCNC(=O)c1ccc(CN2C(=O)[C@@H]3CCCN3C(=O)c3ccccc32)cc1)Cc1ccccc1. The Morgan fingerprint density at radius 3 is 2.46 bits per heavy atom. The molecule has 7 nitrogen and oxygen atoms in total. The van der Waals surface area contributed by atoms with Crippen molar-refractivity contribution >= 4 is 23.4 Å². The summed E-state index contributed by atoms with van der Waals surface area (Å²) in [6.45, 7) is 3.08. The van der Waals surface area contributed by atoms with E-state index in [-0.39, 0.29) is 17.7 Å². The van der Waals surface area contributed by atoms with Crippen LogP contribution in [0, 0.1) is 0 Å². The molecule has 3 aromatic carbocycles. The largest absolute Gasteiger partial charge is 0.351 e. The highest BCUT2D eigenvalue weighted by Crippen LogP contribution is 2.33. The lowest BCUT2D eigenvalue weighted by Crippen LogP contribution is -2.44. The first-order valence-electron chi connectivity index (χ1n) is 12.8. The van der Waals surface area contributed by atoms with Gasteiger partial charge in [-0.05, 0) is 55.3 Å². The van der Waals surface area contributed by atoms with Crippen molar-refractivity contribution in [3.63, 3.8) is 0 Å². The summed E-state index contributed by atoms with van der Waals surface area (Å²) >= 11 is 0. The number of hydrogen-bond donors (Lipinski definition) is 1. The smallest absolute Gasteiger partial charge is 0.256 e. The predicted octanol–water partition coefficient (Wildman–Crippen LogP) is 3.70. The molecule has 3 aromatic rings. The van der Waals surface area contributed by atoms with Gasteiger partial charge in [-0.3, -0.25) is 14.4 Å². The molecule has 1 saturated heterocycles. The van der Waals surface area contributed by atoms with Gasteiger partial charge >= 0.3 is 0 Å². The van der Waals surface area contributed by atoms with E-state index in [9.17, 15) is 14.4 Å². The number of likely N-dealkylation sites (N-methyl/N-ethyl adjacent to an activating group) is 1. The van der Waals surface area contributed by atoms with Crippen LogP contribution in [0.2, 0.25) is 0 Å². The molecule has 0 aromatic heterocycles. The van der Waals surface area contributed by atoms with Crippen LogP contribution in [0.5, 0.6) is 0 Å². The Balaban J connectivity index is 1.21. The number of carbonyl (C=O) groups is 3. The Hall–Kier alpha value is -3.97. The van der Waals surface area contributed by atoms with E-state index in [2.05, 4.69) is 22.3 Å². The van der Waals surface area contributed by atoms with Crippen LogP contribution in [0.3, 0.4) is 0 Å². The average molecular weight is 497 g/mol. The second-order valence-corrected chi connectivity index (χ2v) is 9.77. The van der Waals surface area contributed by atoms with E-state index in [0.717, 1.165) is 25.1 Å². The van der Waals surface area contributed by atoms with Gasteiger partial charge < -0.3 is 20.0 Å². The maximum Gasteiger partial charge on any atom is 0.256 e. The van der Waals surface area contributed by atoms with Crippen LogP contribution in [-0.2, 0) is 17.9 Å². The van der Waals surface area contributed by atoms with Crippen molar-refractivity contribution in [1.82, 2.24) is 15.1 Å². The molecule has 0 saturated carbocycles. The molecule has 2 heterocycles. The number of amides is 3. The Labute approximate surface area is 217 Å². The lowest BCUT2D eigenvalue weighted by Gasteiger charge is -2.26. The van der Waals surface area contributed by atoms with Crippen LogP contribution < -0.4 is 10.2 Å². The van der Waals surface area contributed by atoms with Gasteiger partial charge in [0, 0.05) is 31.7 Å². The first kappa shape index (κ1) is 24.7. The van der Waals surface area contributed by atoms with Crippen molar-refractivity contribution in [2.75, 3.05) is 31.6 Å². The summed E-state index contributed by atoms with van der Waals surface area (Å²) in [7, 11) is 2.04. The van der Waals surface area contributed by atoms with E-state index in [1.807, 2.05) is 55.6 Å². The van der Waals surface area contributed by atoms with Gasteiger partial charge in [0.25, 0.3) is 11.8 Å². The highest BCUT2D eigenvalue weighted by Gasteiger charge is 2.41. The van der Waals surface area contributed by atoms with Gasteiger partial charge in [-0.25, -0.2) is 0 Å². The highest BCUT2D eigenvalue weighted by molar-refractivity contribution is 6.11. The van der Waals surface area contributed by atoms with E-state index in [1.165, 1.54) is 5.56 Å². The summed E-state index contributed by atoms with van der Waals surface area (Å²) in [4.78, 5) is 44.8. The number of hydrogen-bond acceptors (Lipinski definition) is 4. The average Bonchev–Trinajstić information content (AvgIpc) is 3.39. The van der Waals surface area contributed by atoms with Crippen molar-refractivity contribution < 1.29 is 14.4 Å². The van der Waals surface area contributed by atoms with Gasteiger partial charge in [-0.1, -0.05) is 54.6 Å². The first-order valence-corrected chi connectivity index (χ1v) is 12.8. The third kappa shape index (κ3) is 5.42. The van der Waals surface area contributed by atoms with E-state index in [1.54, 1.807) is 28.0 Å². The summed E-state index contributed by atoms with van der Waals surface area (Å²) in [5.74, 6) is -0.240. The molecule has 1 fully saturated rings. The van der Waals surface area contributed by atoms with E-state index in [0.29, 0.717) is 42.9 Å². The first-order chi connectivity index (χ1) is 18.0. The number of rotatable bonds is 8. The summed E-state index contributed by atoms with van der Waals surface area (Å²) < 4.78 is 0. The van der Waals surface area contributed by atoms with Crippen LogP contribution in [0.1, 0.15) is 44.7 Å². The molecular weight excluding hydrogens is 464 g/mol. The van der Waals surface area contributed by atoms with Crippen LogP contribution in [0.25, 0.3) is 0 Å². The number of carbonyl (C=O) groups excluding carboxylic acids is 3. The summed E-state index contributed by atoms with van der Waals surface area (Å²) in [6.07, 6.45) is 1.53. The van der Waals surface area contributed by atoms with Crippen molar-refractivity contribution in [3.05, 3.63) is 101 Å². The van der Waals surface area contributed by atoms with Crippen LogP contribution in [-0.4, -0.2) is 60.2 Å². The zero-order chi connectivity index (χ0) is 25.8. The minimum Gasteiger partial charge on any atom is -0.351 e. The third-order valence-corrected chi connectivity index (χ3v) is 7.12. The Morgan fingerprint density at radius 1 is 0.946 bits per heavy atom. The van der Waals surface area contributed by atoms with Crippen molar-refractivity contribution in [3.8, 4) is 0 Å². The lowest BCUT2D eigenvalue weighted by atomic mass is 10.1. The molecule has 0 bridgehead atoms. The number of para-hydroxylation sites is 1. The van der Waals surface area contributed by atoms with Gasteiger partial charge in [-0.15, -0.1) is 0 Å². The number of nitrogens with zero attached hydrogens (tertiary/aromatic N) is 3. The number of benzene rings is 3. The number of fused-ring (bicyclic) bond motifs is 2. The molecule has 0 unspecified atom stereocenters. The Bertz CT molecular complexity index is 1280.